The van der Waals surface area contributed by atoms with Crippen LogP contribution in [0.5, 0.6) is 0 Å². The van der Waals surface area contributed by atoms with Crippen LogP contribution in [-0.4, -0.2) is 29.9 Å². The summed E-state index contributed by atoms with van der Waals surface area (Å²) < 4.78 is 32.4. The summed E-state index contributed by atoms with van der Waals surface area (Å²) in [5.74, 6) is -1.73. The predicted octanol–water partition coefficient (Wildman–Crippen LogP) is 4.64. The lowest BCUT2D eigenvalue weighted by Gasteiger charge is -2.32. The maximum Gasteiger partial charge on any atom is 0.208 e. The molecule has 1 unspecified atom stereocenters. The van der Waals surface area contributed by atoms with Crippen LogP contribution in [0, 0.1) is 11.6 Å². The van der Waals surface area contributed by atoms with Crippen LogP contribution in [0.1, 0.15) is 22.2 Å². The fraction of sp³-hybridized carbons (Fsp3) is 0.263. The third-order valence-electron chi connectivity index (χ3n) is 4.38. The fourth-order valence-electron chi connectivity index (χ4n) is 2.96. The van der Waals surface area contributed by atoms with Crippen molar-refractivity contribution < 1.29 is 13.5 Å². The van der Waals surface area contributed by atoms with E-state index in [1.54, 1.807) is 6.07 Å². The van der Waals surface area contributed by atoms with Gasteiger partial charge in [-0.05, 0) is 35.4 Å². The van der Waals surface area contributed by atoms with E-state index in [0.29, 0.717) is 36.7 Å². The van der Waals surface area contributed by atoms with E-state index in [9.17, 15) is 8.78 Å². The number of hydrogen-bond acceptors (Lipinski definition) is 5. The second-order valence-electron chi connectivity index (χ2n) is 6.26. The highest BCUT2D eigenvalue weighted by atomic mass is 35.5. The van der Waals surface area contributed by atoms with Crippen molar-refractivity contribution in [1.29, 1.82) is 0 Å². The Hall–Kier alpha value is -2.09. The summed E-state index contributed by atoms with van der Waals surface area (Å²) in [5.41, 5.74) is 1.73. The average molecular weight is 408 g/mol. The van der Waals surface area contributed by atoms with Crippen LogP contribution in [0.4, 0.5) is 13.9 Å². The summed E-state index contributed by atoms with van der Waals surface area (Å²) in [7, 11) is 0. The Morgan fingerprint density at radius 3 is 2.70 bits per heavy atom. The molecule has 0 bridgehead atoms. The molecule has 2 aromatic carbocycles. The number of benzene rings is 2. The first-order valence-corrected chi connectivity index (χ1v) is 9.66. The van der Waals surface area contributed by atoms with Gasteiger partial charge in [-0.3, -0.25) is 0 Å². The van der Waals surface area contributed by atoms with Crippen LogP contribution in [0.2, 0.25) is 5.02 Å². The van der Waals surface area contributed by atoms with Crippen molar-refractivity contribution in [2.45, 2.75) is 12.5 Å². The molecule has 1 aromatic heterocycles. The Morgan fingerprint density at radius 2 is 1.93 bits per heavy atom. The number of hydrogen-bond donors (Lipinski definition) is 0. The quantitative estimate of drug-likeness (QED) is 0.631. The van der Waals surface area contributed by atoms with E-state index in [0.717, 1.165) is 21.8 Å². The number of aromatic nitrogens is 2. The van der Waals surface area contributed by atoms with E-state index in [4.69, 9.17) is 16.3 Å². The molecule has 4 nitrogen and oxygen atoms in total. The zero-order valence-corrected chi connectivity index (χ0v) is 15.8. The standard InChI is InChI=1S/C19H16ClF2N3OS/c20-14-4-1-12(2-5-14)9-18-23-24-19(27-18)25-7-8-26-17(11-25)13-3-6-15(21)16(22)10-13/h1-6,10,17H,7-9,11H2. The number of anilines is 1. The number of halogens is 3. The molecule has 2 heterocycles. The van der Waals surface area contributed by atoms with Gasteiger partial charge in [0.15, 0.2) is 11.6 Å². The molecule has 0 spiro atoms. The molecule has 0 N–H and O–H groups in total. The molecule has 8 heteroatoms. The molecule has 0 radical (unpaired) electrons. The number of rotatable bonds is 4. The SMILES string of the molecule is Fc1ccc(C2CN(c3nnc(Cc4ccc(Cl)cc4)s3)CCO2)cc1F. The lowest BCUT2D eigenvalue weighted by Crippen LogP contribution is -2.38. The molecule has 1 atom stereocenters. The minimum Gasteiger partial charge on any atom is -0.370 e. The highest BCUT2D eigenvalue weighted by Gasteiger charge is 2.25. The number of ether oxygens (including phenoxy) is 1. The smallest absolute Gasteiger partial charge is 0.208 e. The van der Waals surface area contributed by atoms with Crippen molar-refractivity contribution in [3.8, 4) is 0 Å². The van der Waals surface area contributed by atoms with Crippen molar-refractivity contribution >= 4 is 28.1 Å². The van der Waals surface area contributed by atoms with Crippen LogP contribution in [0.25, 0.3) is 0 Å². The monoisotopic (exact) mass is 407 g/mol. The Balaban J connectivity index is 1.46. The van der Waals surface area contributed by atoms with Gasteiger partial charge in [0.1, 0.15) is 11.1 Å². The van der Waals surface area contributed by atoms with E-state index in [1.807, 2.05) is 24.3 Å². The van der Waals surface area contributed by atoms with Crippen LogP contribution < -0.4 is 4.90 Å². The Bertz CT molecular complexity index is 935. The third kappa shape index (κ3) is 4.26. The fourth-order valence-corrected chi connectivity index (χ4v) is 3.99. The molecule has 1 aliphatic heterocycles. The van der Waals surface area contributed by atoms with Crippen molar-refractivity contribution in [3.05, 3.63) is 75.3 Å². The summed E-state index contributed by atoms with van der Waals surface area (Å²) in [6.45, 7) is 1.67. The zero-order valence-electron chi connectivity index (χ0n) is 14.2. The Morgan fingerprint density at radius 1 is 1.11 bits per heavy atom. The largest absolute Gasteiger partial charge is 0.370 e. The molecule has 0 amide bonds. The first kappa shape index (κ1) is 18.3. The van der Waals surface area contributed by atoms with Crippen LogP contribution >= 0.6 is 22.9 Å². The molecule has 1 fully saturated rings. The van der Waals surface area contributed by atoms with Crippen molar-refractivity contribution in [2.24, 2.45) is 0 Å². The van der Waals surface area contributed by atoms with Gasteiger partial charge in [0, 0.05) is 18.0 Å². The van der Waals surface area contributed by atoms with E-state index in [2.05, 4.69) is 15.1 Å². The molecule has 4 rings (SSSR count). The first-order chi connectivity index (χ1) is 13.1. The van der Waals surface area contributed by atoms with Crippen molar-refractivity contribution in [2.75, 3.05) is 24.6 Å². The number of morpholine rings is 1. The molecular weight excluding hydrogens is 392 g/mol. The molecule has 1 saturated heterocycles. The van der Waals surface area contributed by atoms with Gasteiger partial charge in [-0.2, -0.15) is 0 Å². The van der Waals surface area contributed by atoms with Gasteiger partial charge in [-0.25, -0.2) is 8.78 Å². The Labute approximate surface area is 164 Å². The lowest BCUT2D eigenvalue weighted by atomic mass is 10.1. The molecule has 0 saturated carbocycles. The first-order valence-electron chi connectivity index (χ1n) is 8.47. The minimum absolute atomic E-state index is 0.336. The summed E-state index contributed by atoms with van der Waals surface area (Å²) in [4.78, 5) is 2.07. The highest BCUT2D eigenvalue weighted by molar-refractivity contribution is 7.15. The van der Waals surface area contributed by atoms with Crippen LogP contribution in [0.15, 0.2) is 42.5 Å². The third-order valence-corrected chi connectivity index (χ3v) is 5.61. The normalized spacial score (nSPS) is 17.3. The minimum atomic E-state index is -0.866. The summed E-state index contributed by atoms with van der Waals surface area (Å²) in [5, 5.41) is 11.0. The van der Waals surface area contributed by atoms with Gasteiger partial charge in [-0.15, -0.1) is 10.2 Å². The molecular formula is C19H16ClF2N3OS. The van der Waals surface area contributed by atoms with Crippen LogP contribution in [-0.2, 0) is 11.2 Å². The van der Waals surface area contributed by atoms with E-state index in [-0.39, 0.29) is 6.10 Å². The van der Waals surface area contributed by atoms with Gasteiger partial charge in [0.05, 0.1) is 13.2 Å². The molecule has 27 heavy (non-hydrogen) atoms. The van der Waals surface area contributed by atoms with Crippen LogP contribution in [0.3, 0.4) is 0 Å². The zero-order chi connectivity index (χ0) is 18.8. The van der Waals surface area contributed by atoms with E-state index in [1.165, 1.54) is 17.4 Å². The summed E-state index contributed by atoms with van der Waals surface area (Å²) >= 11 is 7.44. The molecule has 1 aliphatic rings. The molecule has 140 valence electrons. The van der Waals surface area contributed by atoms with Crippen molar-refractivity contribution in [3.63, 3.8) is 0 Å². The number of nitrogens with zero attached hydrogens (tertiary/aromatic N) is 3. The van der Waals surface area contributed by atoms with Gasteiger partial charge < -0.3 is 9.64 Å². The topological polar surface area (TPSA) is 38.2 Å². The second-order valence-corrected chi connectivity index (χ2v) is 7.74. The van der Waals surface area contributed by atoms with Crippen molar-refractivity contribution in [1.82, 2.24) is 10.2 Å². The highest BCUT2D eigenvalue weighted by Crippen LogP contribution is 2.29. The summed E-state index contributed by atoms with van der Waals surface area (Å²) in [6.07, 6.45) is 0.351. The summed E-state index contributed by atoms with van der Waals surface area (Å²) in [6, 6.07) is 11.5. The maximum absolute atomic E-state index is 13.5. The lowest BCUT2D eigenvalue weighted by molar-refractivity contribution is 0.0395. The molecule has 3 aromatic rings. The Kier molecular flexibility index (Phi) is 5.33. The van der Waals surface area contributed by atoms with Gasteiger partial charge in [0.2, 0.25) is 5.13 Å². The van der Waals surface area contributed by atoms with E-state index >= 15 is 0 Å². The van der Waals surface area contributed by atoms with Gasteiger partial charge in [0.25, 0.3) is 0 Å². The molecule has 0 aliphatic carbocycles. The predicted molar refractivity (Wildman–Crippen MR) is 101 cm³/mol. The van der Waals surface area contributed by atoms with Gasteiger partial charge >= 0.3 is 0 Å². The second kappa shape index (κ2) is 7.88. The maximum atomic E-state index is 13.5. The van der Waals surface area contributed by atoms with Gasteiger partial charge in [-0.1, -0.05) is 41.1 Å². The van der Waals surface area contributed by atoms with E-state index < -0.39 is 11.6 Å². The average Bonchev–Trinajstić information content (AvgIpc) is 3.14.